The molecular formula is C12H16FN. The minimum Gasteiger partial charge on any atom is -0.327 e. The highest BCUT2D eigenvalue weighted by Gasteiger charge is 2.27. The molecule has 1 fully saturated rings. The van der Waals surface area contributed by atoms with Crippen LogP contribution in [0.3, 0.4) is 0 Å². The largest absolute Gasteiger partial charge is 0.327 e. The second-order valence-corrected chi connectivity index (χ2v) is 4.17. The van der Waals surface area contributed by atoms with Gasteiger partial charge in [-0.25, -0.2) is 4.39 Å². The van der Waals surface area contributed by atoms with Crippen LogP contribution in [0.2, 0.25) is 0 Å². The lowest BCUT2D eigenvalue weighted by molar-refractivity contribution is 0.549. The van der Waals surface area contributed by atoms with Crippen molar-refractivity contribution in [2.45, 2.75) is 31.7 Å². The van der Waals surface area contributed by atoms with Gasteiger partial charge in [-0.3, -0.25) is 0 Å². The molecule has 2 N–H and O–H groups in total. The maximum Gasteiger partial charge on any atom is 0.123 e. The Kier molecular flexibility index (Phi) is 2.82. The first-order valence-electron chi connectivity index (χ1n) is 5.26. The Labute approximate surface area is 84.1 Å². The van der Waals surface area contributed by atoms with Gasteiger partial charge in [0.05, 0.1) is 0 Å². The normalized spacial score (nSPS) is 18.1. The van der Waals surface area contributed by atoms with E-state index in [4.69, 9.17) is 5.73 Å². The molecule has 1 aromatic carbocycles. The summed E-state index contributed by atoms with van der Waals surface area (Å²) in [6, 6.07) is 7.06. The summed E-state index contributed by atoms with van der Waals surface area (Å²) in [6.07, 6.45) is 4.59. The summed E-state index contributed by atoms with van der Waals surface area (Å²) in [4.78, 5) is 0. The topological polar surface area (TPSA) is 26.0 Å². The Balaban J connectivity index is 1.82. The number of hydrogen-bond donors (Lipinski definition) is 1. The maximum atomic E-state index is 12.6. The number of rotatable bonds is 4. The molecule has 76 valence electrons. The van der Waals surface area contributed by atoms with E-state index >= 15 is 0 Å². The molecule has 0 amide bonds. The van der Waals surface area contributed by atoms with Gasteiger partial charge in [-0.1, -0.05) is 12.1 Å². The molecule has 1 nitrogen and oxygen atoms in total. The van der Waals surface area contributed by atoms with Crippen LogP contribution in [-0.2, 0) is 6.42 Å². The highest BCUT2D eigenvalue weighted by Crippen LogP contribution is 2.33. The maximum absolute atomic E-state index is 12.6. The summed E-state index contributed by atoms with van der Waals surface area (Å²) in [5.74, 6) is 0.593. The van der Waals surface area contributed by atoms with Gasteiger partial charge >= 0.3 is 0 Å². The number of hydrogen-bond acceptors (Lipinski definition) is 1. The predicted octanol–water partition coefficient (Wildman–Crippen LogP) is 2.50. The van der Waals surface area contributed by atoms with Gasteiger partial charge < -0.3 is 5.73 Å². The van der Waals surface area contributed by atoms with E-state index < -0.39 is 0 Å². The van der Waals surface area contributed by atoms with Crippen molar-refractivity contribution in [2.75, 3.05) is 0 Å². The average Bonchev–Trinajstić information content (AvgIpc) is 3.00. The van der Waals surface area contributed by atoms with Crippen molar-refractivity contribution in [3.05, 3.63) is 35.6 Å². The lowest BCUT2D eigenvalue weighted by Crippen LogP contribution is -2.22. The van der Waals surface area contributed by atoms with Gasteiger partial charge in [-0.05, 0) is 49.3 Å². The number of halogens is 1. The van der Waals surface area contributed by atoms with Crippen LogP contribution in [0.15, 0.2) is 24.3 Å². The SMILES string of the molecule is NC(CCc1ccc(F)cc1)C1CC1. The second kappa shape index (κ2) is 4.09. The van der Waals surface area contributed by atoms with Gasteiger partial charge in [0.1, 0.15) is 5.82 Å². The van der Waals surface area contributed by atoms with Gasteiger partial charge in [0.2, 0.25) is 0 Å². The molecule has 0 saturated heterocycles. The Morgan fingerprint density at radius 2 is 1.93 bits per heavy atom. The van der Waals surface area contributed by atoms with Gasteiger partial charge in [0, 0.05) is 6.04 Å². The third kappa shape index (κ3) is 2.55. The van der Waals surface area contributed by atoms with Crippen molar-refractivity contribution >= 4 is 0 Å². The van der Waals surface area contributed by atoms with Gasteiger partial charge in [0.15, 0.2) is 0 Å². The molecule has 2 rings (SSSR count). The monoisotopic (exact) mass is 193 g/mol. The zero-order chi connectivity index (χ0) is 9.97. The van der Waals surface area contributed by atoms with Gasteiger partial charge in [-0.15, -0.1) is 0 Å². The summed E-state index contributed by atoms with van der Waals surface area (Å²) in [6.45, 7) is 0. The average molecular weight is 193 g/mol. The quantitative estimate of drug-likeness (QED) is 0.781. The van der Waals surface area contributed by atoms with Crippen molar-refractivity contribution in [2.24, 2.45) is 11.7 Å². The van der Waals surface area contributed by atoms with Crippen molar-refractivity contribution in [3.63, 3.8) is 0 Å². The van der Waals surface area contributed by atoms with E-state index in [0.29, 0.717) is 6.04 Å². The van der Waals surface area contributed by atoms with E-state index in [1.54, 1.807) is 0 Å². The fourth-order valence-corrected chi connectivity index (χ4v) is 1.74. The Morgan fingerprint density at radius 3 is 2.50 bits per heavy atom. The molecule has 0 bridgehead atoms. The van der Waals surface area contributed by atoms with E-state index in [-0.39, 0.29) is 5.82 Å². The highest BCUT2D eigenvalue weighted by molar-refractivity contribution is 5.16. The van der Waals surface area contributed by atoms with E-state index in [1.807, 2.05) is 12.1 Å². The summed E-state index contributed by atoms with van der Waals surface area (Å²) >= 11 is 0. The molecule has 1 saturated carbocycles. The van der Waals surface area contributed by atoms with Crippen molar-refractivity contribution < 1.29 is 4.39 Å². The standard InChI is InChI=1S/C12H16FN/c13-11-6-1-9(2-7-11)3-8-12(14)10-4-5-10/h1-2,6-7,10,12H,3-5,8,14H2. The fourth-order valence-electron chi connectivity index (χ4n) is 1.74. The van der Waals surface area contributed by atoms with E-state index in [0.717, 1.165) is 18.8 Å². The van der Waals surface area contributed by atoms with Crippen molar-refractivity contribution in [1.29, 1.82) is 0 Å². The van der Waals surface area contributed by atoms with Gasteiger partial charge in [-0.2, -0.15) is 0 Å². The second-order valence-electron chi connectivity index (χ2n) is 4.17. The predicted molar refractivity (Wildman–Crippen MR) is 55.4 cm³/mol. The van der Waals surface area contributed by atoms with E-state index in [1.165, 1.54) is 30.5 Å². The summed E-state index contributed by atoms with van der Waals surface area (Å²) in [7, 11) is 0. The van der Waals surface area contributed by atoms with Gasteiger partial charge in [0.25, 0.3) is 0 Å². The van der Waals surface area contributed by atoms with Crippen LogP contribution in [0, 0.1) is 11.7 Å². The van der Waals surface area contributed by atoms with Crippen molar-refractivity contribution in [1.82, 2.24) is 0 Å². The number of benzene rings is 1. The third-order valence-electron chi connectivity index (χ3n) is 2.91. The first-order chi connectivity index (χ1) is 6.75. The molecule has 2 heteroatoms. The Morgan fingerprint density at radius 1 is 1.29 bits per heavy atom. The summed E-state index contributed by atoms with van der Waals surface area (Å²) < 4.78 is 12.6. The summed E-state index contributed by atoms with van der Waals surface area (Å²) in [5, 5.41) is 0. The molecule has 0 aromatic heterocycles. The van der Waals surface area contributed by atoms with Crippen LogP contribution in [0.4, 0.5) is 4.39 Å². The zero-order valence-electron chi connectivity index (χ0n) is 8.25. The van der Waals surface area contributed by atoms with Crippen LogP contribution in [0.5, 0.6) is 0 Å². The highest BCUT2D eigenvalue weighted by atomic mass is 19.1. The molecule has 0 radical (unpaired) electrons. The molecule has 1 aromatic rings. The van der Waals surface area contributed by atoms with E-state index in [2.05, 4.69) is 0 Å². The minimum absolute atomic E-state index is 0.166. The molecule has 1 aliphatic carbocycles. The van der Waals surface area contributed by atoms with Crippen LogP contribution < -0.4 is 5.73 Å². The molecule has 1 atom stereocenters. The Hall–Kier alpha value is -0.890. The minimum atomic E-state index is -0.166. The summed E-state index contributed by atoms with van der Waals surface area (Å²) in [5.41, 5.74) is 7.17. The van der Waals surface area contributed by atoms with Crippen LogP contribution in [-0.4, -0.2) is 6.04 Å². The molecule has 1 unspecified atom stereocenters. The Bertz CT molecular complexity index is 290. The lowest BCUT2D eigenvalue weighted by Gasteiger charge is -2.09. The first kappa shape index (κ1) is 9.66. The van der Waals surface area contributed by atoms with Crippen LogP contribution in [0.25, 0.3) is 0 Å². The molecule has 0 aliphatic heterocycles. The van der Waals surface area contributed by atoms with E-state index in [9.17, 15) is 4.39 Å². The van der Waals surface area contributed by atoms with Crippen LogP contribution in [0.1, 0.15) is 24.8 Å². The lowest BCUT2D eigenvalue weighted by atomic mass is 10.0. The first-order valence-corrected chi connectivity index (χ1v) is 5.26. The number of nitrogens with two attached hydrogens (primary N) is 1. The molecule has 1 aliphatic rings. The number of aryl methyl sites for hydroxylation is 1. The molecule has 0 spiro atoms. The molecule has 14 heavy (non-hydrogen) atoms. The fraction of sp³-hybridized carbons (Fsp3) is 0.500. The van der Waals surface area contributed by atoms with Crippen molar-refractivity contribution in [3.8, 4) is 0 Å². The van der Waals surface area contributed by atoms with Crippen LogP contribution >= 0.6 is 0 Å². The smallest absolute Gasteiger partial charge is 0.123 e. The molecular weight excluding hydrogens is 177 g/mol. The molecule has 0 heterocycles. The third-order valence-corrected chi connectivity index (χ3v) is 2.91. The zero-order valence-corrected chi connectivity index (χ0v) is 8.25.